The first-order valence-corrected chi connectivity index (χ1v) is 6.51. The fraction of sp³-hybridized carbons (Fsp3) is 0.188. The smallest absolute Gasteiger partial charge is 0.121 e. The normalized spacial score (nSPS) is 9.95. The zero-order chi connectivity index (χ0) is 13.7. The second-order valence-electron chi connectivity index (χ2n) is 4.21. The second kappa shape index (κ2) is 6.26. The molecule has 0 saturated heterocycles. The molecule has 0 radical (unpaired) electrons. The van der Waals surface area contributed by atoms with Crippen LogP contribution in [0.25, 0.3) is 0 Å². The SMILES string of the molecule is CCc1ccc(COc2ccc(C#N)c(Cl)c2)cc1. The molecule has 0 aliphatic heterocycles. The number of hydrogen-bond acceptors (Lipinski definition) is 2. The van der Waals surface area contributed by atoms with Gasteiger partial charge < -0.3 is 4.74 Å². The first kappa shape index (κ1) is 13.5. The van der Waals surface area contributed by atoms with Crippen LogP contribution in [0.2, 0.25) is 5.02 Å². The maximum Gasteiger partial charge on any atom is 0.121 e. The Labute approximate surface area is 118 Å². The van der Waals surface area contributed by atoms with Gasteiger partial charge in [0.25, 0.3) is 0 Å². The lowest BCUT2D eigenvalue weighted by molar-refractivity contribution is 0.306. The number of benzene rings is 2. The van der Waals surface area contributed by atoms with Crippen molar-refractivity contribution in [3.8, 4) is 11.8 Å². The van der Waals surface area contributed by atoms with E-state index in [9.17, 15) is 0 Å². The molecule has 2 aromatic rings. The Morgan fingerprint density at radius 2 is 1.79 bits per heavy atom. The molecule has 0 bridgehead atoms. The van der Waals surface area contributed by atoms with Crippen molar-refractivity contribution in [2.24, 2.45) is 0 Å². The van der Waals surface area contributed by atoms with Crippen LogP contribution in [0.4, 0.5) is 0 Å². The molecule has 2 nitrogen and oxygen atoms in total. The maximum atomic E-state index is 8.79. The summed E-state index contributed by atoms with van der Waals surface area (Å²) in [5, 5.41) is 9.21. The number of hydrogen-bond donors (Lipinski definition) is 0. The highest BCUT2D eigenvalue weighted by Gasteiger charge is 2.02. The van der Waals surface area contributed by atoms with Crippen LogP contribution in [0.5, 0.6) is 5.75 Å². The van der Waals surface area contributed by atoms with E-state index in [2.05, 4.69) is 31.2 Å². The Morgan fingerprint density at radius 1 is 1.11 bits per heavy atom. The summed E-state index contributed by atoms with van der Waals surface area (Å²) >= 11 is 5.95. The molecule has 0 atom stereocenters. The highest BCUT2D eigenvalue weighted by molar-refractivity contribution is 6.31. The van der Waals surface area contributed by atoms with Gasteiger partial charge in [0.05, 0.1) is 10.6 Å². The van der Waals surface area contributed by atoms with Gasteiger partial charge in [0, 0.05) is 6.07 Å². The predicted octanol–water partition coefficient (Wildman–Crippen LogP) is 4.35. The van der Waals surface area contributed by atoms with Crippen molar-refractivity contribution >= 4 is 11.6 Å². The van der Waals surface area contributed by atoms with Gasteiger partial charge >= 0.3 is 0 Å². The van der Waals surface area contributed by atoms with Gasteiger partial charge in [0.15, 0.2) is 0 Å². The van der Waals surface area contributed by atoms with Crippen molar-refractivity contribution in [2.45, 2.75) is 20.0 Å². The fourth-order valence-electron chi connectivity index (χ4n) is 1.71. The Morgan fingerprint density at radius 3 is 2.37 bits per heavy atom. The van der Waals surface area contributed by atoms with Crippen molar-refractivity contribution in [3.05, 3.63) is 64.2 Å². The van der Waals surface area contributed by atoms with Gasteiger partial charge in [-0.1, -0.05) is 42.8 Å². The van der Waals surface area contributed by atoms with Gasteiger partial charge in [-0.05, 0) is 29.7 Å². The molecule has 19 heavy (non-hydrogen) atoms. The molecule has 2 rings (SSSR count). The number of halogens is 1. The van der Waals surface area contributed by atoms with Gasteiger partial charge in [0.2, 0.25) is 0 Å². The highest BCUT2D eigenvalue weighted by Crippen LogP contribution is 2.22. The summed E-state index contributed by atoms with van der Waals surface area (Å²) in [4.78, 5) is 0. The van der Waals surface area contributed by atoms with Gasteiger partial charge in [-0.15, -0.1) is 0 Å². The van der Waals surface area contributed by atoms with E-state index in [0.717, 1.165) is 12.0 Å². The van der Waals surface area contributed by atoms with E-state index >= 15 is 0 Å². The quantitative estimate of drug-likeness (QED) is 0.828. The molecule has 0 heterocycles. The second-order valence-corrected chi connectivity index (χ2v) is 4.62. The van der Waals surface area contributed by atoms with E-state index in [1.807, 2.05) is 6.07 Å². The summed E-state index contributed by atoms with van der Waals surface area (Å²) in [6.45, 7) is 2.62. The molecule has 0 unspecified atom stereocenters. The minimum absolute atomic E-state index is 0.418. The minimum atomic E-state index is 0.418. The van der Waals surface area contributed by atoms with Crippen LogP contribution >= 0.6 is 11.6 Å². The Hall–Kier alpha value is -1.98. The number of aryl methyl sites for hydroxylation is 1. The monoisotopic (exact) mass is 271 g/mol. The van der Waals surface area contributed by atoms with Gasteiger partial charge in [-0.25, -0.2) is 0 Å². The van der Waals surface area contributed by atoms with E-state index < -0.39 is 0 Å². The molecule has 0 aromatic heterocycles. The van der Waals surface area contributed by atoms with Gasteiger partial charge in [-0.3, -0.25) is 0 Å². The average molecular weight is 272 g/mol. The van der Waals surface area contributed by atoms with Gasteiger partial charge in [-0.2, -0.15) is 5.26 Å². The molecule has 96 valence electrons. The van der Waals surface area contributed by atoms with Crippen molar-refractivity contribution in [3.63, 3.8) is 0 Å². The maximum absolute atomic E-state index is 8.79. The minimum Gasteiger partial charge on any atom is -0.489 e. The summed E-state index contributed by atoms with van der Waals surface area (Å²) in [6, 6.07) is 15.4. The van der Waals surface area contributed by atoms with Crippen molar-refractivity contribution in [1.82, 2.24) is 0 Å². The zero-order valence-corrected chi connectivity index (χ0v) is 11.4. The molecule has 2 aromatic carbocycles. The van der Waals surface area contributed by atoms with Crippen LogP contribution < -0.4 is 4.74 Å². The predicted molar refractivity (Wildman–Crippen MR) is 76.3 cm³/mol. The molecule has 0 N–H and O–H groups in total. The number of rotatable bonds is 4. The molecule has 0 fully saturated rings. The van der Waals surface area contributed by atoms with Crippen LogP contribution in [0.3, 0.4) is 0 Å². The Bertz CT molecular complexity index is 599. The van der Waals surface area contributed by atoms with E-state index in [0.29, 0.717) is 22.9 Å². The summed E-state index contributed by atoms with van der Waals surface area (Å²) in [5.41, 5.74) is 2.88. The molecule has 0 aliphatic carbocycles. The van der Waals surface area contributed by atoms with Crippen LogP contribution in [-0.2, 0) is 13.0 Å². The molecular formula is C16H14ClNO. The van der Waals surface area contributed by atoms with E-state index in [-0.39, 0.29) is 0 Å². The number of nitriles is 1. The van der Waals surface area contributed by atoms with Crippen LogP contribution in [-0.4, -0.2) is 0 Å². The van der Waals surface area contributed by atoms with Crippen molar-refractivity contribution < 1.29 is 4.74 Å². The van der Waals surface area contributed by atoms with Crippen molar-refractivity contribution in [2.75, 3.05) is 0 Å². The lowest BCUT2D eigenvalue weighted by Gasteiger charge is -2.07. The third-order valence-electron chi connectivity index (χ3n) is 2.90. The Kier molecular flexibility index (Phi) is 4.43. The van der Waals surface area contributed by atoms with Crippen molar-refractivity contribution in [1.29, 1.82) is 5.26 Å². The van der Waals surface area contributed by atoms with Gasteiger partial charge in [0.1, 0.15) is 18.4 Å². The topological polar surface area (TPSA) is 33.0 Å². The molecule has 0 amide bonds. The summed E-state index contributed by atoms with van der Waals surface area (Å²) in [7, 11) is 0. The first-order valence-electron chi connectivity index (χ1n) is 6.13. The summed E-state index contributed by atoms with van der Waals surface area (Å²) in [6.07, 6.45) is 1.03. The summed E-state index contributed by atoms with van der Waals surface area (Å²) in [5.74, 6) is 0.670. The highest BCUT2D eigenvalue weighted by atomic mass is 35.5. The molecule has 0 spiro atoms. The largest absolute Gasteiger partial charge is 0.489 e. The van der Waals surface area contributed by atoms with Crippen LogP contribution in [0.15, 0.2) is 42.5 Å². The van der Waals surface area contributed by atoms with E-state index in [1.165, 1.54) is 5.56 Å². The average Bonchev–Trinajstić information content (AvgIpc) is 2.46. The molecule has 0 saturated carbocycles. The van der Waals surface area contributed by atoms with Crippen LogP contribution in [0, 0.1) is 11.3 Å². The first-order chi connectivity index (χ1) is 9.22. The Balaban J connectivity index is 2.02. The molecule has 3 heteroatoms. The van der Waals surface area contributed by atoms with E-state index in [4.69, 9.17) is 21.6 Å². The third kappa shape index (κ3) is 3.49. The number of ether oxygens (including phenoxy) is 1. The lowest BCUT2D eigenvalue weighted by Crippen LogP contribution is -1.96. The third-order valence-corrected chi connectivity index (χ3v) is 3.21. The molecule has 0 aliphatic rings. The standard InChI is InChI=1S/C16H14ClNO/c1-2-12-3-5-13(6-4-12)11-19-15-8-7-14(10-18)16(17)9-15/h3-9H,2,11H2,1H3. The fourth-order valence-corrected chi connectivity index (χ4v) is 1.93. The lowest BCUT2D eigenvalue weighted by atomic mass is 10.1. The van der Waals surface area contributed by atoms with Crippen LogP contribution in [0.1, 0.15) is 23.6 Å². The zero-order valence-electron chi connectivity index (χ0n) is 10.7. The summed E-state index contributed by atoms with van der Waals surface area (Å²) < 4.78 is 5.65. The number of nitrogens with zero attached hydrogens (tertiary/aromatic N) is 1. The van der Waals surface area contributed by atoms with E-state index in [1.54, 1.807) is 18.2 Å². The molecular weight excluding hydrogens is 258 g/mol.